The van der Waals surface area contributed by atoms with Crippen molar-refractivity contribution in [2.75, 3.05) is 0 Å². The number of amides is 1. The Kier molecular flexibility index (Phi) is 7.12. The number of hydrogen-bond donors (Lipinski definition) is 2. The Morgan fingerprint density at radius 2 is 1.69 bits per heavy atom. The molecule has 3 N–H and O–H groups in total. The van der Waals surface area contributed by atoms with E-state index in [1.165, 1.54) is 9.59 Å². The summed E-state index contributed by atoms with van der Waals surface area (Å²) in [6.45, 7) is 0.788. The molecule has 1 amide bonds. The second-order valence-electron chi connectivity index (χ2n) is 5.01. The first-order chi connectivity index (χ1) is 12.6. The SMILES string of the molecule is Cn1nnc(CN)n1.Cn1nnc(CNC(=O)OCc2ccccc2)n1. The molecule has 0 saturated carbocycles. The van der Waals surface area contributed by atoms with Crippen LogP contribution >= 0.6 is 0 Å². The highest BCUT2D eigenvalue weighted by Gasteiger charge is 2.05. The molecule has 12 heteroatoms. The number of aromatic nitrogens is 8. The minimum atomic E-state index is -0.508. The summed E-state index contributed by atoms with van der Waals surface area (Å²) in [5.74, 6) is 1.02. The molecule has 12 nitrogen and oxygen atoms in total. The molecule has 2 aromatic heterocycles. The number of rotatable bonds is 5. The first-order valence-corrected chi connectivity index (χ1v) is 7.67. The fourth-order valence-corrected chi connectivity index (χ4v) is 1.72. The van der Waals surface area contributed by atoms with E-state index >= 15 is 0 Å². The zero-order chi connectivity index (χ0) is 18.8. The highest BCUT2D eigenvalue weighted by molar-refractivity contribution is 5.66. The average molecular weight is 360 g/mol. The van der Waals surface area contributed by atoms with Crippen LogP contribution in [0.1, 0.15) is 17.2 Å². The van der Waals surface area contributed by atoms with Crippen LogP contribution in [0.5, 0.6) is 0 Å². The normalized spacial score (nSPS) is 9.96. The van der Waals surface area contributed by atoms with Gasteiger partial charge in [-0.1, -0.05) is 30.3 Å². The number of nitrogens with zero attached hydrogens (tertiary/aromatic N) is 8. The lowest BCUT2D eigenvalue weighted by atomic mass is 10.2. The van der Waals surface area contributed by atoms with Crippen molar-refractivity contribution in [3.8, 4) is 0 Å². The van der Waals surface area contributed by atoms with Crippen molar-refractivity contribution in [3.63, 3.8) is 0 Å². The van der Waals surface area contributed by atoms with E-state index in [1.807, 2.05) is 30.3 Å². The number of aryl methyl sites for hydroxylation is 2. The largest absolute Gasteiger partial charge is 0.445 e. The lowest BCUT2D eigenvalue weighted by Crippen LogP contribution is -2.24. The first kappa shape index (κ1) is 18.9. The van der Waals surface area contributed by atoms with Crippen LogP contribution in [0.15, 0.2) is 30.3 Å². The second-order valence-corrected chi connectivity index (χ2v) is 5.01. The maximum atomic E-state index is 11.4. The van der Waals surface area contributed by atoms with Gasteiger partial charge >= 0.3 is 6.09 Å². The maximum absolute atomic E-state index is 11.4. The second kappa shape index (κ2) is 9.78. The minimum absolute atomic E-state index is 0.196. The topological polar surface area (TPSA) is 152 Å². The van der Waals surface area contributed by atoms with Crippen LogP contribution in [-0.4, -0.2) is 46.5 Å². The lowest BCUT2D eigenvalue weighted by molar-refractivity contribution is 0.139. The summed E-state index contributed by atoms with van der Waals surface area (Å²) < 4.78 is 5.02. The molecule has 0 unspecified atom stereocenters. The van der Waals surface area contributed by atoms with E-state index in [9.17, 15) is 4.79 Å². The molecule has 0 atom stereocenters. The first-order valence-electron chi connectivity index (χ1n) is 7.67. The summed E-state index contributed by atoms with van der Waals surface area (Å²) in [7, 11) is 3.36. The predicted octanol–water partition coefficient (Wildman–Crippen LogP) is -0.695. The van der Waals surface area contributed by atoms with Crippen LogP contribution in [-0.2, 0) is 38.5 Å². The van der Waals surface area contributed by atoms with Crippen LogP contribution in [0, 0.1) is 0 Å². The van der Waals surface area contributed by atoms with Crippen molar-refractivity contribution in [1.82, 2.24) is 45.7 Å². The molecule has 1 aromatic carbocycles. The van der Waals surface area contributed by atoms with Gasteiger partial charge in [-0.25, -0.2) is 4.79 Å². The van der Waals surface area contributed by atoms with Gasteiger partial charge in [-0.05, 0) is 16.0 Å². The number of alkyl carbamates (subject to hydrolysis) is 1. The molecule has 0 aliphatic heterocycles. The molecule has 0 aliphatic carbocycles. The molecule has 26 heavy (non-hydrogen) atoms. The molecule has 138 valence electrons. The monoisotopic (exact) mass is 360 g/mol. The van der Waals surface area contributed by atoms with E-state index in [4.69, 9.17) is 10.5 Å². The van der Waals surface area contributed by atoms with Gasteiger partial charge in [-0.2, -0.15) is 9.59 Å². The van der Waals surface area contributed by atoms with E-state index < -0.39 is 6.09 Å². The fourth-order valence-electron chi connectivity index (χ4n) is 1.72. The van der Waals surface area contributed by atoms with Crippen molar-refractivity contribution < 1.29 is 9.53 Å². The van der Waals surface area contributed by atoms with E-state index in [-0.39, 0.29) is 13.2 Å². The molecule has 0 radical (unpaired) electrons. The van der Waals surface area contributed by atoms with E-state index in [0.717, 1.165) is 5.56 Å². The summed E-state index contributed by atoms with van der Waals surface area (Å²) >= 11 is 0. The third-order valence-corrected chi connectivity index (χ3v) is 2.89. The van der Waals surface area contributed by atoms with Crippen molar-refractivity contribution in [1.29, 1.82) is 0 Å². The summed E-state index contributed by atoms with van der Waals surface area (Å²) in [6.07, 6.45) is -0.508. The molecule has 2 heterocycles. The van der Waals surface area contributed by atoms with Gasteiger partial charge in [0.05, 0.1) is 27.2 Å². The molecule has 3 rings (SSSR count). The van der Waals surface area contributed by atoms with Gasteiger partial charge in [0.25, 0.3) is 0 Å². The molecule has 0 aliphatic rings. The standard InChI is InChI=1S/C11H13N5O2.C3H7N5/c1-16-14-10(13-15-16)7-12-11(17)18-8-9-5-3-2-4-6-9;1-8-6-3(2-4)5-7-8/h2-6H,7-8H2,1H3,(H,12,17);2,4H2,1H3. The molecule has 0 saturated heterocycles. The van der Waals surface area contributed by atoms with Gasteiger partial charge in [0.1, 0.15) is 6.61 Å². The Morgan fingerprint density at radius 3 is 2.19 bits per heavy atom. The number of hydrogen-bond acceptors (Lipinski definition) is 9. The van der Waals surface area contributed by atoms with Crippen LogP contribution in [0.4, 0.5) is 4.79 Å². The van der Waals surface area contributed by atoms with Crippen molar-refractivity contribution in [3.05, 3.63) is 47.5 Å². The number of carbonyl (C=O) groups is 1. The Balaban J connectivity index is 0.000000254. The predicted molar refractivity (Wildman–Crippen MR) is 89.0 cm³/mol. The minimum Gasteiger partial charge on any atom is -0.445 e. The highest BCUT2D eigenvalue weighted by atomic mass is 16.5. The van der Waals surface area contributed by atoms with E-state index in [2.05, 4.69) is 36.1 Å². The molecule has 3 aromatic rings. The Labute approximate surface area is 149 Å². The molecular formula is C14H20N10O2. The van der Waals surface area contributed by atoms with Crippen molar-refractivity contribution >= 4 is 6.09 Å². The number of benzene rings is 1. The molecule has 0 spiro atoms. The Bertz CT molecular complexity index is 801. The number of ether oxygens (including phenoxy) is 1. The van der Waals surface area contributed by atoms with Crippen LogP contribution in [0.25, 0.3) is 0 Å². The lowest BCUT2D eigenvalue weighted by Gasteiger charge is -2.05. The Morgan fingerprint density at radius 1 is 1.08 bits per heavy atom. The fraction of sp³-hybridized carbons (Fsp3) is 0.357. The van der Waals surface area contributed by atoms with E-state index in [0.29, 0.717) is 18.2 Å². The smallest absolute Gasteiger partial charge is 0.407 e. The third kappa shape index (κ3) is 6.60. The zero-order valence-electron chi connectivity index (χ0n) is 14.5. The highest BCUT2D eigenvalue weighted by Crippen LogP contribution is 2.00. The van der Waals surface area contributed by atoms with Gasteiger partial charge in [-0.15, -0.1) is 20.4 Å². The van der Waals surface area contributed by atoms with Crippen LogP contribution in [0.2, 0.25) is 0 Å². The number of nitrogens with one attached hydrogen (secondary N) is 1. The maximum Gasteiger partial charge on any atom is 0.407 e. The number of nitrogens with two attached hydrogens (primary N) is 1. The van der Waals surface area contributed by atoms with Gasteiger partial charge in [0.15, 0.2) is 11.6 Å². The third-order valence-electron chi connectivity index (χ3n) is 2.89. The summed E-state index contributed by atoms with van der Waals surface area (Å²) in [6, 6.07) is 9.46. The molecular weight excluding hydrogens is 340 g/mol. The Hall–Kier alpha value is -3.41. The van der Waals surface area contributed by atoms with Gasteiger partial charge in [0.2, 0.25) is 0 Å². The summed E-state index contributed by atoms with van der Waals surface area (Å²) in [5.41, 5.74) is 6.12. The number of carbonyl (C=O) groups excluding carboxylic acids is 1. The quantitative estimate of drug-likeness (QED) is 0.602. The van der Waals surface area contributed by atoms with Gasteiger partial charge in [0, 0.05) is 0 Å². The average Bonchev–Trinajstić information content (AvgIpc) is 3.27. The number of tetrazole rings is 2. The van der Waals surface area contributed by atoms with Crippen LogP contribution in [0.3, 0.4) is 0 Å². The zero-order valence-corrected chi connectivity index (χ0v) is 14.5. The van der Waals surface area contributed by atoms with Crippen molar-refractivity contribution in [2.45, 2.75) is 19.7 Å². The molecule has 0 fully saturated rings. The van der Waals surface area contributed by atoms with Crippen LogP contribution < -0.4 is 11.1 Å². The summed E-state index contributed by atoms with van der Waals surface area (Å²) in [4.78, 5) is 14.1. The van der Waals surface area contributed by atoms with Gasteiger partial charge in [-0.3, -0.25) is 0 Å². The molecule has 0 bridgehead atoms. The van der Waals surface area contributed by atoms with Gasteiger partial charge < -0.3 is 15.8 Å². The summed E-state index contributed by atoms with van der Waals surface area (Å²) in [5, 5.41) is 24.8. The van der Waals surface area contributed by atoms with E-state index in [1.54, 1.807) is 14.1 Å². The van der Waals surface area contributed by atoms with Crippen molar-refractivity contribution in [2.24, 2.45) is 19.8 Å².